The molecule has 8 nitrogen and oxygen atoms in total. The molecule has 0 atom stereocenters. The number of carbonyl (C=O) groups is 3. The molecule has 1 aromatic carbocycles. The SMILES string of the molecule is O=C(CN1C(=O)CCC1=O)N1CCC(c2nnc(-c3ccc(F)cc3)o2)CC1. The number of piperidine rings is 1. The number of nitrogens with zero attached hydrogens (tertiary/aromatic N) is 4. The first-order chi connectivity index (χ1) is 13.5. The van der Waals surface area contributed by atoms with E-state index in [0.717, 1.165) is 4.90 Å². The third-order valence-electron chi connectivity index (χ3n) is 5.18. The van der Waals surface area contributed by atoms with Gasteiger partial charge in [-0.25, -0.2) is 4.39 Å². The molecule has 2 aliphatic heterocycles. The molecule has 4 rings (SSSR count). The van der Waals surface area contributed by atoms with Gasteiger partial charge in [-0.15, -0.1) is 10.2 Å². The molecule has 2 fully saturated rings. The molecule has 2 aromatic rings. The third-order valence-corrected chi connectivity index (χ3v) is 5.18. The number of hydrogen-bond acceptors (Lipinski definition) is 6. The Morgan fingerprint density at radius 1 is 1.07 bits per heavy atom. The van der Waals surface area contributed by atoms with Crippen molar-refractivity contribution in [2.75, 3.05) is 19.6 Å². The van der Waals surface area contributed by atoms with Crippen molar-refractivity contribution in [3.63, 3.8) is 0 Å². The quantitative estimate of drug-likeness (QED) is 0.743. The molecule has 0 bridgehead atoms. The molecule has 2 aliphatic rings. The lowest BCUT2D eigenvalue weighted by molar-refractivity contribution is -0.146. The molecule has 0 N–H and O–H groups in total. The molecular weight excluding hydrogens is 367 g/mol. The van der Waals surface area contributed by atoms with Crippen molar-refractivity contribution in [3.8, 4) is 11.5 Å². The van der Waals surface area contributed by atoms with Crippen molar-refractivity contribution in [1.29, 1.82) is 0 Å². The van der Waals surface area contributed by atoms with E-state index in [1.165, 1.54) is 12.1 Å². The molecule has 0 radical (unpaired) electrons. The van der Waals surface area contributed by atoms with Crippen molar-refractivity contribution < 1.29 is 23.2 Å². The molecular formula is C19H19FN4O4. The van der Waals surface area contributed by atoms with Gasteiger partial charge in [0.25, 0.3) is 0 Å². The number of likely N-dealkylation sites (tertiary alicyclic amines) is 2. The van der Waals surface area contributed by atoms with Gasteiger partial charge in [0, 0.05) is 37.4 Å². The van der Waals surface area contributed by atoms with E-state index in [4.69, 9.17) is 4.42 Å². The molecule has 0 unspecified atom stereocenters. The van der Waals surface area contributed by atoms with Gasteiger partial charge < -0.3 is 9.32 Å². The fourth-order valence-electron chi connectivity index (χ4n) is 3.52. The van der Waals surface area contributed by atoms with Gasteiger partial charge in [0.2, 0.25) is 29.5 Å². The summed E-state index contributed by atoms with van der Waals surface area (Å²) in [5.41, 5.74) is 0.646. The minimum Gasteiger partial charge on any atom is -0.420 e. The number of imide groups is 1. The van der Waals surface area contributed by atoms with Crippen LogP contribution in [0.2, 0.25) is 0 Å². The highest BCUT2D eigenvalue weighted by Gasteiger charge is 2.33. The van der Waals surface area contributed by atoms with Gasteiger partial charge in [0.15, 0.2) is 0 Å². The van der Waals surface area contributed by atoms with Gasteiger partial charge in [-0.2, -0.15) is 0 Å². The van der Waals surface area contributed by atoms with Crippen LogP contribution in [0.3, 0.4) is 0 Å². The van der Waals surface area contributed by atoms with Crippen LogP contribution in [-0.2, 0) is 14.4 Å². The van der Waals surface area contributed by atoms with Crippen molar-refractivity contribution >= 4 is 17.7 Å². The summed E-state index contributed by atoms with van der Waals surface area (Å²) in [6.45, 7) is 0.805. The smallest absolute Gasteiger partial charge is 0.247 e. The van der Waals surface area contributed by atoms with Crippen LogP contribution in [-0.4, -0.2) is 57.4 Å². The van der Waals surface area contributed by atoms with Gasteiger partial charge in [-0.3, -0.25) is 19.3 Å². The van der Waals surface area contributed by atoms with Crippen LogP contribution < -0.4 is 0 Å². The average Bonchev–Trinajstić information content (AvgIpc) is 3.31. The molecule has 1 aromatic heterocycles. The Kier molecular flexibility index (Phi) is 4.89. The number of halogens is 1. The molecule has 146 valence electrons. The fourth-order valence-corrected chi connectivity index (χ4v) is 3.52. The highest BCUT2D eigenvalue weighted by Crippen LogP contribution is 2.29. The lowest BCUT2D eigenvalue weighted by atomic mass is 9.97. The summed E-state index contributed by atoms with van der Waals surface area (Å²) in [6.07, 6.45) is 1.67. The minimum atomic E-state index is -0.335. The zero-order valence-electron chi connectivity index (χ0n) is 15.1. The molecule has 3 amide bonds. The molecule has 0 aliphatic carbocycles. The Morgan fingerprint density at radius 3 is 2.36 bits per heavy atom. The summed E-state index contributed by atoms with van der Waals surface area (Å²) in [4.78, 5) is 38.4. The normalized spacial score (nSPS) is 18.2. The van der Waals surface area contributed by atoms with Crippen molar-refractivity contribution in [2.24, 2.45) is 0 Å². The molecule has 28 heavy (non-hydrogen) atoms. The topological polar surface area (TPSA) is 96.6 Å². The summed E-state index contributed by atoms with van der Waals surface area (Å²) in [5, 5.41) is 8.13. The van der Waals surface area contributed by atoms with E-state index in [9.17, 15) is 18.8 Å². The summed E-state index contributed by atoms with van der Waals surface area (Å²) >= 11 is 0. The lowest BCUT2D eigenvalue weighted by Gasteiger charge is -2.31. The Morgan fingerprint density at radius 2 is 1.71 bits per heavy atom. The van der Waals surface area contributed by atoms with E-state index in [0.29, 0.717) is 43.3 Å². The maximum atomic E-state index is 13.0. The maximum absolute atomic E-state index is 13.0. The second-order valence-corrected chi connectivity index (χ2v) is 6.98. The zero-order chi connectivity index (χ0) is 19.7. The van der Waals surface area contributed by atoms with Gasteiger partial charge >= 0.3 is 0 Å². The van der Waals surface area contributed by atoms with E-state index in [1.54, 1.807) is 17.0 Å². The van der Waals surface area contributed by atoms with Crippen molar-refractivity contribution in [2.45, 2.75) is 31.6 Å². The highest BCUT2D eigenvalue weighted by molar-refractivity contribution is 6.04. The predicted molar refractivity (Wildman–Crippen MR) is 94.2 cm³/mol. The van der Waals surface area contributed by atoms with Gasteiger partial charge in [-0.1, -0.05) is 0 Å². The molecule has 3 heterocycles. The Bertz CT molecular complexity index is 887. The number of benzene rings is 1. The van der Waals surface area contributed by atoms with Gasteiger partial charge in [0.05, 0.1) is 0 Å². The second kappa shape index (κ2) is 7.49. The molecule has 9 heteroatoms. The first-order valence-electron chi connectivity index (χ1n) is 9.21. The van der Waals surface area contributed by atoms with Crippen LogP contribution in [0.15, 0.2) is 28.7 Å². The van der Waals surface area contributed by atoms with E-state index in [1.807, 2.05) is 0 Å². The minimum absolute atomic E-state index is 0.0285. The summed E-state index contributed by atoms with van der Waals surface area (Å²) in [7, 11) is 0. The number of carbonyl (C=O) groups excluding carboxylic acids is 3. The Labute approximate surface area is 160 Å². The third kappa shape index (κ3) is 3.64. The highest BCUT2D eigenvalue weighted by atomic mass is 19.1. The summed E-state index contributed by atoms with van der Waals surface area (Å²) in [5.74, 6) is -0.269. The molecule has 2 saturated heterocycles. The molecule has 0 saturated carbocycles. The van der Waals surface area contributed by atoms with Crippen molar-refractivity contribution in [1.82, 2.24) is 20.0 Å². The standard InChI is InChI=1S/C19H19FN4O4/c20-14-3-1-12(2-4-14)18-21-22-19(28-18)13-7-9-23(10-8-13)17(27)11-24-15(25)5-6-16(24)26/h1-4,13H,5-11H2. The number of hydrogen-bond donors (Lipinski definition) is 0. The first kappa shape index (κ1) is 18.3. The number of amides is 3. The Balaban J connectivity index is 1.34. The predicted octanol–water partition coefficient (Wildman–Crippen LogP) is 1.73. The monoisotopic (exact) mass is 386 g/mol. The van der Waals surface area contributed by atoms with E-state index in [2.05, 4.69) is 10.2 Å². The van der Waals surface area contributed by atoms with Crippen LogP contribution in [0.4, 0.5) is 4.39 Å². The summed E-state index contributed by atoms with van der Waals surface area (Å²) < 4.78 is 18.8. The van der Waals surface area contributed by atoms with Crippen LogP contribution in [0, 0.1) is 5.82 Å². The Hall–Kier alpha value is -3.10. The molecule has 0 spiro atoms. The van der Waals surface area contributed by atoms with E-state index >= 15 is 0 Å². The lowest BCUT2D eigenvalue weighted by Crippen LogP contribution is -2.45. The van der Waals surface area contributed by atoms with Crippen molar-refractivity contribution in [3.05, 3.63) is 36.0 Å². The van der Waals surface area contributed by atoms with E-state index < -0.39 is 0 Å². The largest absolute Gasteiger partial charge is 0.420 e. The number of aromatic nitrogens is 2. The van der Waals surface area contributed by atoms with Gasteiger partial charge in [-0.05, 0) is 37.1 Å². The van der Waals surface area contributed by atoms with Crippen LogP contribution in [0.5, 0.6) is 0 Å². The fraction of sp³-hybridized carbons (Fsp3) is 0.421. The van der Waals surface area contributed by atoms with Gasteiger partial charge in [0.1, 0.15) is 12.4 Å². The van der Waals surface area contributed by atoms with Crippen LogP contribution in [0.25, 0.3) is 11.5 Å². The average molecular weight is 386 g/mol. The van der Waals surface area contributed by atoms with Crippen LogP contribution in [0.1, 0.15) is 37.5 Å². The number of rotatable bonds is 4. The maximum Gasteiger partial charge on any atom is 0.247 e. The second-order valence-electron chi connectivity index (χ2n) is 6.98. The van der Waals surface area contributed by atoms with Crippen LogP contribution >= 0.6 is 0 Å². The van der Waals surface area contributed by atoms with E-state index in [-0.39, 0.29) is 48.8 Å². The first-order valence-corrected chi connectivity index (χ1v) is 9.21. The summed E-state index contributed by atoms with van der Waals surface area (Å²) in [6, 6.07) is 5.82. The zero-order valence-corrected chi connectivity index (χ0v) is 15.1.